The molecule has 1 aliphatic rings. The topological polar surface area (TPSA) is 37.8 Å². The predicted octanol–water partition coefficient (Wildman–Crippen LogP) is 3.88. The largest absolute Gasteiger partial charge is 0.309 e. The van der Waals surface area contributed by atoms with Crippen molar-refractivity contribution < 1.29 is 0 Å². The van der Waals surface area contributed by atoms with Gasteiger partial charge in [0, 0.05) is 28.7 Å². The monoisotopic (exact) mass is 323 g/mol. The summed E-state index contributed by atoms with van der Waals surface area (Å²) in [4.78, 5) is 8.90. The summed E-state index contributed by atoms with van der Waals surface area (Å²) in [5.74, 6) is 0. The first-order valence-electron chi connectivity index (χ1n) is 7.02. The van der Waals surface area contributed by atoms with Crippen molar-refractivity contribution in [2.45, 2.75) is 32.2 Å². The van der Waals surface area contributed by atoms with Gasteiger partial charge in [-0.1, -0.05) is 23.7 Å². The maximum atomic E-state index is 5.95. The van der Waals surface area contributed by atoms with Crippen molar-refractivity contribution in [3.8, 4) is 0 Å². The summed E-state index contributed by atoms with van der Waals surface area (Å²) < 4.78 is 0. The second-order valence-corrected chi connectivity index (χ2v) is 5.71. The van der Waals surface area contributed by atoms with Gasteiger partial charge in [0.25, 0.3) is 0 Å². The van der Waals surface area contributed by atoms with Gasteiger partial charge in [-0.2, -0.15) is 0 Å². The summed E-state index contributed by atoms with van der Waals surface area (Å²) in [7, 11) is 0. The number of benzene rings is 1. The van der Waals surface area contributed by atoms with Crippen molar-refractivity contribution in [1.29, 1.82) is 0 Å². The third-order valence-electron chi connectivity index (χ3n) is 3.88. The van der Waals surface area contributed by atoms with Crippen LogP contribution in [-0.2, 0) is 6.42 Å². The van der Waals surface area contributed by atoms with E-state index in [1.54, 1.807) is 6.33 Å². The molecule has 1 atom stereocenters. The van der Waals surface area contributed by atoms with Crippen LogP contribution in [0.4, 0.5) is 0 Å². The zero-order valence-electron chi connectivity index (χ0n) is 12.0. The van der Waals surface area contributed by atoms with E-state index in [4.69, 9.17) is 11.6 Å². The number of hydrogen-bond donors (Lipinski definition) is 1. The average Bonchev–Trinajstić information content (AvgIpc) is 2.97. The summed E-state index contributed by atoms with van der Waals surface area (Å²) in [5.41, 5.74) is 4.71. The van der Waals surface area contributed by atoms with Crippen LogP contribution in [0.3, 0.4) is 0 Å². The Labute approximate surface area is 136 Å². The van der Waals surface area contributed by atoms with Crippen molar-refractivity contribution in [3.63, 3.8) is 0 Å². The molecule has 1 fully saturated rings. The zero-order valence-corrected chi connectivity index (χ0v) is 13.5. The molecule has 1 unspecified atom stereocenters. The molecule has 3 rings (SSSR count). The van der Waals surface area contributed by atoms with Gasteiger partial charge in [-0.25, -0.2) is 9.97 Å². The van der Waals surface area contributed by atoms with E-state index in [1.165, 1.54) is 17.5 Å². The number of nitrogens with zero attached hydrogens (tertiary/aromatic N) is 2. The fourth-order valence-electron chi connectivity index (χ4n) is 2.76. The number of halogens is 2. The maximum absolute atomic E-state index is 5.95. The molecular weight excluding hydrogens is 305 g/mol. The minimum atomic E-state index is 0. The highest BCUT2D eigenvalue weighted by molar-refractivity contribution is 6.30. The minimum absolute atomic E-state index is 0. The van der Waals surface area contributed by atoms with Gasteiger partial charge in [0.2, 0.25) is 0 Å². The number of aryl methyl sites for hydroxylation is 1. The summed E-state index contributed by atoms with van der Waals surface area (Å²) in [6, 6.07) is 8.38. The highest BCUT2D eigenvalue weighted by Crippen LogP contribution is 2.27. The highest BCUT2D eigenvalue weighted by Gasteiger charge is 2.22. The van der Waals surface area contributed by atoms with Crippen molar-refractivity contribution in [1.82, 2.24) is 15.3 Å². The molecule has 0 amide bonds. The van der Waals surface area contributed by atoms with Gasteiger partial charge in [0.05, 0.1) is 5.69 Å². The smallest absolute Gasteiger partial charge is 0.116 e. The first-order chi connectivity index (χ1) is 9.74. The Kier molecular flexibility index (Phi) is 5.57. The SMILES string of the molecule is Cc1ncnc(C2CCCN2)c1Cc1ccc(Cl)cc1.Cl. The second kappa shape index (κ2) is 7.21. The van der Waals surface area contributed by atoms with Crippen LogP contribution in [0.15, 0.2) is 30.6 Å². The van der Waals surface area contributed by atoms with Gasteiger partial charge in [-0.15, -0.1) is 12.4 Å². The fourth-order valence-corrected chi connectivity index (χ4v) is 2.89. The Morgan fingerprint density at radius 2 is 2.00 bits per heavy atom. The Morgan fingerprint density at radius 1 is 1.24 bits per heavy atom. The first kappa shape index (κ1) is 16.2. The third-order valence-corrected chi connectivity index (χ3v) is 4.13. The molecule has 1 N–H and O–H groups in total. The highest BCUT2D eigenvalue weighted by atomic mass is 35.5. The molecule has 3 nitrogen and oxygen atoms in total. The van der Waals surface area contributed by atoms with Crippen molar-refractivity contribution in [3.05, 3.63) is 58.1 Å². The summed E-state index contributed by atoms with van der Waals surface area (Å²) >= 11 is 5.95. The van der Waals surface area contributed by atoms with E-state index in [9.17, 15) is 0 Å². The molecule has 1 aromatic carbocycles. The standard InChI is InChI=1S/C16H18ClN3.ClH/c1-11-14(9-12-4-6-13(17)7-5-12)16(20-10-19-11)15-3-2-8-18-15;/h4-7,10,15,18H,2-3,8-9H2,1H3;1H. The molecule has 0 radical (unpaired) electrons. The number of aromatic nitrogens is 2. The van der Waals surface area contributed by atoms with Crippen LogP contribution < -0.4 is 5.32 Å². The molecule has 1 aliphatic heterocycles. The van der Waals surface area contributed by atoms with E-state index in [0.29, 0.717) is 6.04 Å². The molecule has 21 heavy (non-hydrogen) atoms. The van der Waals surface area contributed by atoms with Crippen LogP contribution in [0.5, 0.6) is 0 Å². The van der Waals surface area contributed by atoms with Crippen molar-refractivity contribution >= 4 is 24.0 Å². The molecule has 112 valence electrons. The van der Waals surface area contributed by atoms with Gasteiger partial charge in [0.15, 0.2) is 0 Å². The molecule has 0 bridgehead atoms. The summed E-state index contributed by atoms with van der Waals surface area (Å²) in [6.45, 7) is 3.14. The lowest BCUT2D eigenvalue weighted by atomic mass is 9.98. The lowest BCUT2D eigenvalue weighted by molar-refractivity contribution is 0.616. The van der Waals surface area contributed by atoms with Gasteiger partial charge in [0.1, 0.15) is 6.33 Å². The molecule has 0 spiro atoms. The van der Waals surface area contributed by atoms with Crippen molar-refractivity contribution in [2.75, 3.05) is 6.54 Å². The molecule has 2 aromatic rings. The third kappa shape index (κ3) is 3.73. The lowest BCUT2D eigenvalue weighted by Crippen LogP contribution is -2.17. The van der Waals surface area contributed by atoms with Crippen LogP contribution in [0.1, 0.15) is 41.4 Å². The molecule has 0 saturated carbocycles. The maximum Gasteiger partial charge on any atom is 0.116 e. The summed E-state index contributed by atoms with van der Waals surface area (Å²) in [6.07, 6.45) is 4.91. The Bertz CT molecular complexity index is 593. The van der Waals surface area contributed by atoms with Gasteiger partial charge in [-0.05, 0) is 44.0 Å². The van der Waals surface area contributed by atoms with E-state index in [1.807, 2.05) is 12.1 Å². The minimum Gasteiger partial charge on any atom is -0.309 e. The van der Waals surface area contributed by atoms with E-state index >= 15 is 0 Å². The van der Waals surface area contributed by atoms with Gasteiger partial charge < -0.3 is 5.32 Å². The number of rotatable bonds is 3. The summed E-state index contributed by atoms with van der Waals surface area (Å²) in [5, 5.41) is 4.29. The molecule has 5 heteroatoms. The van der Waals surface area contributed by atoms with Crippen LogP contribution >= 0.6 is 24.0 Å². The van der Waals surface area contributed by atoms with E-state index in [2.05, 4.69) is 34.3 Å². The van der Waals surface area contributed by atoms with Gasteiger partial charge >= 0.3 is 0 Å². The Morgan fingerprint density at radius 3 is 2.67 bits per heavy atom. The van der Waals surface area contributed by atoms with Crippen LogP contribution in [0.2, 0.25) is 5.02 Å². The number of hydrogen-bond acceptors (Lipinski definition) is 3. The molecule has 1 saturated heterocycles. The van der Waals surface area contributed by atoms with Gasteiger partial charge in [-0.3, -0.25) is 0 Å². The van der Waals surface area contributed by atoms with Crippen LogP contribution in [0.25, 0.3) is 0 Å². The number of nitrogens with one attached hydrogen (secondary N) is 1. The first-order valence-corrected chi connectivity index (χ1v) is 7.40. The Hall–Kier alpha value is -1.16. The van der Waals surface area contributed by atoms with E-state index in [0.717, 1.165) is 35.8 Å². The van der Waals surface area contributed by atoms with Crippen molar-refractivity contribution in [2.24, 2.45) is 0 Å². The Balaban J connectivity index is 0.00000161. The molecule has 1 aromatic heterocycles. The van der Waals surface area contributed by atoms with Crippen LogP contribution in [-0.4, -0.2) is 16.5 Å². The quantitative estimate of drug-likeness (QED) is 0.931. The lowest BCUT2D eigenvalue weighted by Gasteiger charge is -2.16. The molecule has 0 aliphatic carbocycles. The van der Waals surface area contributed by atoms with E-state index in [-0.39, 0.29) is 12.4 Å². The fraction of sp³-hybridized carbons (Fsp3) is 0.375. The molecule has 2 heterocycles. The van der Waals surface area contributed by atoms with Crippen LogP contribution in [0, 0.1) is 6.92 Å². The molecular formula is C16H19Cl2N3. The zero-order chi connectivity index (χ0) is 13.9. The van der Waals surface area contributed by atoms with E-state index < -0.39 is 0 Å². The second-order valence-electron chi connectivity index (χ2n) is 5.28. The predicted molar refractivity (Wildman–Crippen MR) is 88.3 cm³/mol. The average molecular weight is 324 g/mol. The normalized spacial score (nSPS) is 17.5.